The number of benzene rings is 3. The van der Waals surface area contributed by atoms with Gasteiger partial charge in [-0.25, -0.2) is 8.78 Å². The molecule has 6 heteroatoms. The summed E-state index contributed by atoms with van der Waals surface area (Å²) in [5.41, 5.74) is 3.33. The smallest absolute Gasteiger partial charge is 0.169 e. The average Bonchev–Trinajstić information content (AvgIpc) is 3.16. The molecular weight excluding hydrogens is 372 g/mol. The molecule has 0 aliphatic carbocycles. The van der Waals surface area contributed by atoms with E-state index in [-0.39, 0.29) is 11.9 Å². The first kappa shape index (κ1) is 17.5. The highest BCUT2D eigenvalue weighted by atomic mass is 19.1. The second-order valence-corrected chi connectivity index (χ2v) is 7.37. The molecule has 0 amide bonds. The standard InChI is InChI=1S/C23H17F2N3O/c1-12-8-15-14-6-4-5-7-20(14)29-21(15)10-18(12)28-13(2)27(3)23-19(28)9-17(24)16(11-26)22(23)25/h4-10,13H,1-3H3/t13-/m0/s1. The first-order valence-corrected chi connectivity index (χ1v) is 9.28. The lowest BCUT2D eigenvalue weighted by atomic mass is 10.1. The topological polar surface area (TPSA) is 43.4 Å². The molecule has 2 heterocycles. The number of para-hydroxylation sites is 1. The fraction of sp³-hybridized carbons (Fsp3) is 0.174. The van der Waals surface area contributed by atoms with Gasteiger partial charge in [-0.2, -0.15) is 5.26 Å². The number of aryl methyl sites for hydroxylation is 1. The predicted molar refractivity (Wildman–Crippen MR) is 110 cm³/mol. The quantitative estimate of drug-likeness (QED) is 0.402. The second kappa shape index (κ2) is 5.95. The van der Waals surface area contributed by atoms with E-state index in [9.17, 15) is 8.78 Å². The fourth-order valence-electron chi connectivity index (χ4n) is 4.24. The van der Waals surface area contributed by atoms with Crippen LogP contribution in [0.15, 0.2) is 46.9 Å². The van der Waals surface area contributed by atoms with E-state index >= 15 is 0 Å². The molecule has 1 aliphatic heterocycles. The number of anilines is 3. The van der Waals surface area contributed by atoms with Crippen LogP contribution >= 0.6 is 0 Å². The van der Waals surface area contributed by atoms with E-state index in [0.29, 0.717) is 11.3 Å². The Morgan fingerprint density at radius 2 is 1.79 bits per heavy atom. The molecule has 0 saturated carbocycles. The monoisotopic (exact) mass is 389 g/mol. The number of hydrogen-bond acceptors (Lipinski definition) is 4. The molecule has 144 valence electrons. The zero-order chi connectivity index (χ0) is 20.4. The third-order valence-corrected chi connectivity index (χ3v) is 5.79. The molecule has 1 atom stereocenters. The van der Waals surface area contributed by atoms with Crippen molar-refractivity contribution in [3.05, 3.63) is 65.2 Å². The molecule has 0 radical (unpaired) electrons. The van der Waals surface area contributed by atoms with Gasteiger partial charge in [0.05, 0.1) is 5.69 Å². The van der Waals surface area contributed by atoms with Gasteiger partial charge in [-0.15, -0.1) is 0 Å². The van der Waals surface area contributed by atoms with Crippen molar-refractivity contribution in [1.82, 2.24) is 0 Å². The van der Waals surface area contributed by atoms with Crippen molar-refractivity contribution in [1.29, 1.82) is 5.26 Å². The summed E-state index contributed by atoms with van der Waals surface area (Å²) in [5.74, 6) is -1.69. The minimum Gasteiger partial charge on any atom is -0.456 e. The van der Waals surface area contributed by atoms with Crippen LogP contribution < -0.4 is 9.80 Å². The van der Waals surface area contributed by atoms with Gasteiger partial charge in [-0.3, -0.25) is 0 Å². The number of nitrogens with zero attached hydrogens (tertiary/aromatic N) is 3. The molecule has 4 aromatic rings. The zero-order valence-electron chi connectivity index (χ0n) is 16.1. The zero-order valence-corrected chi connectivity index (χ0v) is 16.1. The lowest BCUT2D eigenvalue weighted by Crippen LogP contribution is -2.36. The van der Waals surface area contributed by atoms with Gasteiger partial charge in [0.15, 0.2) is 5.82 Å². The highest BCUT2D eigenvalue weighted by Crippen LogP contribution is 2.48. The van der Waals surface area contributed by atoms with E-state index in [1.807, 2.05) is 55.1 Å². The second-order valence-electron chi connectivity index (χ2n) is 7.37. The molecule has 1 aromatic heterocycles. The summed E-state index contributed by atoms with van der Waals surface area (Å²) in [4.78, 5) is 3.60. The van der Waals surface area contributed by atoms with E-state index in [0.717, 1.165) is 27.6 Å². The highest BCUT2D eigenvalue weighted by Gasteiger charge is 2.37. The van der Waals surface area contributed by atoms with Crippen LogP contribution in [0.2, 0.25) is 0 Å². The molecule has 0 unspecified atom stereocenters. The Balaban J connectivity index is 1.77. The van der Waals surface area contributed by atoms with Crippen molar-refractivity contribution in [2.24, 2.45) is 0 Å². The van der Waals surface area contributed by atoms with E-state index in [2.05, 4.69) is 0 Å². The highest BCUT2D eigenvalue weighted by molar-refractivity contribution is 6.06. The van der Waals surface area contributed by atoms with Crippen LogP contribution in [-0.2, 0) is 0 Å². The number of furan rings is 1. The number of fused-ring (bicyclic) bond motifs is 4. The van der Waals surface area contributed by atoms with Gasteiger partial charge in [0.25, 0.3) is 0 Å². The normalized spacial score (nSPS) is 15.9. The number of hydrogen-bond donors (Lipinski definition) is 0. The molecule has 0 bridgehead atoms. The molecule has 0 saturated heterocycles. The van der Waals surface area contributed by atoms with E-state index in [1.54, 1.807) is 18.0 Å². The number of nitriles is 1. The van der Waals surface area contributed by atoms with Gasteiger partial charge in [-0.05, 0) is 31.5 Å². The van der Waals surface area contributed by atoms with Crippen molar-refractivity contribution in [2.45, 2.75) is 20.0 Å². The first-order chi connectivity index (χ1) is 13.9. The predicted octanol–water partition coefficient (Wildman–Crippen LogP) is 5.98. The number of rotatable bonds is 1. The van der Waals surface area contributed by atoms with Crippen molar-refractivity contribution >= 4 is 39.0 Å². The average molecular weight is 389 g/mol. The van der Waals surface area contributed by atoms with E-state index in [1.165, 1.54) is 6.07 Å². The lowest BCUT2D eigenvalue weighted by molar-refractivity contribution is 0.577. The maximum atomic E-state index is 14.9. The third-order valence-electron chi connectivity index (χ3n) is 5.79. The molecule has 29 heavy (non-hydrogen) atoms. The molecule has 1 aliphatic rings. The summed E-state index contributed by atoms with van der Waals surface area (Å²) in [6.45, 7) is 3.88. The first-order valence-electron chi connectivity index (χ1n) is 9.28. The van der Waals surface area contributed by atoms with Gasteiger partial charge in [0.1, 0.15) is 40.5 Å². The summed E-state index contributed by atoms with van der Waals surface area (Å²) in [6, 6.07) is 14.6. The van der Waals surface area contributed by atoms with Crippen molar-refractivity contribution in [3.8, 4) is 6.07 Å². The van der Waals surface area contributed by atoms with E-state index in [4.69, 9.17) is 9.68 Å². The molecule has 5 rings (SSSR count). The Morgan fingerprint density at radius 1 is 1.03 bits per heavy atom. The maximum absolute atomic E-state index is 14.9. The summed E-state index contributed by atoms with van der Waals surface area (Å²) in [5, 5.41) is 11.1. The summed E-state index contributed by atoms with van der Waals surface area (Å²) < 4.78 is 35.3. The van der Waals surface area contributed by atoms with Crippen molar-refractivity contribution in [3.63, 3.8) is 0 Å². The maximum Gasteiger partial charge on any atom is 0.169 e. The van der Waals surface area contributed by atoms with Crippen molar-refractivity contribution in [2.75, 3.05) is 16.8 Å². The Morgan fingerprint density at radius 3 is 2.55 bits per heavy atom. The molecule has 4 nitrogen and oxygen atoms in total. The van der Waals surface area contributed by atoms with Crippen LogP contribution in [0, 0.1) is 29.9 Å². The van der Waals surface area contributed by atoms with Crippen LogP contribution in [0.3, 0.4) is 0 Å². The Labute approximate surface area is 166 Å². The van der Waals surface area contributed by atoms with Crippen LogP contribution in [0.4, 0.5) is 25.8 Å². The summed E-state index contributed by atoms with van der Waals surface area (Å²) in [6.07, 6.45) is -0.270. The third kappa shape index (κ3) is 2.27. The largest absolute Gasteiger partial charge is 0.456 e. The van der Waals surface area contributed by atoms with Gasteiger partial charge in [0.2, 0.25) is 0 Å². The van der Waals surface area contributed by atoms with Crippen LogP contribution in [-0.4, -0.2) is 13.2 Å². The Hall–Kier alpha value is -3.59. The molecule has 0 spiro atoms. The fourth-order valence-corrected chi connectivity index (χ4v) is 4.24. The summed E-state index contributed by atoms with van der Waals surface area (Å²) >= 11 is 0. The molecular formula is C23H17F2N3O. The molecule has 0 N–H and O–H groups in total. The Kier molecular flexibility index (Phi) is 3.59. The van der Waals surface area contributed by atoms with Gasteiger partial charge < -0.3 is 14.2 Å². The molecule has 0 fully saturated rings. The summed E-state index contributed by atoms with van der Waals surface area (Å²) in [7, 11) is 1.74. The van der Waals surface area contributed by atoms with Crippen LogP contribution in [0.25, 0.3) is 21.9 Å². The van der Waals surface area contributed by atoms with Crippen molar-refractivity contribution < 1.29 is 13.2 Å². The lowest BCUT2D eigenvalue weighted by Gasteiger charge is -2.28. The number of halogens is 2. The van der Waals surface area contributed by atoms with Crippen LogP contribution in [0.5, 0.6) is 0 Å². The van der Waals surface area contributed by atoms with Gasteiger partial charge >= 0.3 is 0 Å². The Bertz CT molecular complexity index is 1350. The van der Waals surface area contributed by atoms with Gasteiger partial charge in [0, 0.05) is 35.6 Å². The van der Waals surface area contributed by atoms with E-state index < -0.39 is 17.2 Å². The minimum atomic E-state index is -0.862. The molecule has 3 aromatic carbocycles. The minimum absolute atomic E-state index is 0.222. The SMILES string of the molecule is Cc1cc2c(cc1N1c3cc(F)c(C#N)c(F)c3N(C)[C@@H]1C)oc1ccccc12. The van der Waals surface area contributed by atoms with Crippen LogP contribution in [0.1, 0.15) is 18.1 Å². The van der Waals surface area contributed by atoms with Gasteiger partial charge in [-0.1, -0.05) is 18.2 Å².